The monoisotopic (exact) mass is 330 g/mol. The number of ether oxygens (including phenoxy) is 1. The third-order valence-electron chi connectivity index (χ3n) is 4.62. The molecule has 0 atom stereocenters. The zero-order valence-electron chi connectivity index (χ0n) is 14.8. The maximum atomic E-state index is 11.5. The number of hydrogen-bond acceptors (Lipinski definition) is 4. The summed E-state index contributed by atoms with van der Waals surface area (Å²) in [5.74, 6) is 0.0742. The molecule has 0 amide bonds. The Kier molecular flexibility index (Phi) is 5.65. The molecule has 24 heavy (non-hydrogen) atoms. The van der Waals surface area contributed by atoms with Crippen LogP contribution in [0.4, 0.5) is 5.69 Å². The van der Waals surface area contributed by atoms with Gasteiger partial charge in [-0.2, -0.15) is 0 Å². The lowest BCUT2D eigenvalue weighted by atomic mass is 10.0. The summed E-state index contributed by atoms with van der Waals surface area (Å²) < 4.78 is 6.13. The van der Waals surface area contributed by atoms with Crippen LogP contribution in [-0.4, -0.2) is 22.7 Å². The number of pyridine rings is 1. The van der Waals surface area contributed by atoms with E-state index in [9.17, 15) is 9.90 Å². The Hall–Kier alpha value is -2.30. The maximum Gasteiger partial charge on any atom is 0.339 e. The fourth-order valence-corrected chi connectivity index (χ4v) is 2.96. The number of carboxylic acids is 1. The molecule has 0 spiro atoms. The van der Waals surface area contributed by atoms with Crippen LogP contribution in [0.25, 0.3) is 10.9 Å². The van der Waals surface area contributed by atoms with Crippen LogP contribution >= 0.6 is 0 Å². The van der Waals surface area contributed by atoms with Gasteiger partial charge in [-0.3, -0.25) is 4.98 Å². The molecule has 2 rings (SSSR count). The minimum absolute atomic E-state index is 0.0585. The number of fused-ring (bicyclic) bond motifs is 1. The molecule has 0 saturated heterocycles. The normalized spacial score (nSPS) is 11.2. The molecular formula is C19H26N2O3. The first-order valence-corrected chi connectivity index (χ1v) is 8.52. The molecular weight excluding hydrogens is 304 g/mol. The Morgan fingerprint density at radius 1 is 1.29 bits per heavy atom. The SMILES string of the molecule is CCc1ccc2nc(C)c(C(=O)O)c(N)c2c1OCC(CC)CC. The van der Waals surface area contributed by atoms with Gasteiger partial charge in [-0.1, -0.05) is 39.7 Å². The van der Waals surface area contributed by atoms with E-state index in [0.29, 0.717) is 34.9 Å². The van der Waals surface area contributed by atoms with Crippen LogP contribution in [0.1, 0.15) is 55.2 Å². The van der Waals surface area contributed by atoms with E-state index in [1.807, 2.05) is 19.1 Å². The number of aromatic carboxylic acids is 1. The number of nitrogen functional groups attached to an aromatic ring is 1. The Bertz CT molecular complexity index is 752. The minimum atomic E-state index is -1.06. The molecule has 0 saturated carbocycles. The Morgan fingerprint density at radius 2 is 1.96 bits per heavy atom. The molecule has 0 aliphatic rings. The number of carbonyl (C=O) groups is 1. The van der Waals surface area contributed by atoms with Crippen molar-refractivity contribution in [2.24, 2.45) is 5.92 Å². The van der Waals surface area contributed by atoms with E-state index in [1.165, 1.54) is 0 Å². The smallest absolute Gasteiger partial charge is 0.339 e. The van der Waals surface area contributed by atoms with Crippen molar-refractivity contribution in [1.82, 2.24) is 4.98 Å². The van der Waals surface area contributed by atoms with Crippen LogP contribution in [0.5, 0.6) is 5.75 Å². The molecule has 1 heterocycles. The van der Waals surface area contributed by atoms with Crippen LogP contribution < -0.4 is 10.5 Å². The average Bonchev–Trinajstić information content (AvgIpc) is 2.54. The first-order valence-electron chi connectivity index (χ1n) is 8.52. The van der Waals surface area contributed by atoms with Crippen LogP contribution in [0.3, 0.4) is 0 Å². The first kappa shape index (κ1) is 18.0. The summed E-state index contributed by atoms with van der Waals surface area (Å²) in [4.78, 5) is 16.0. The highest BCUT2D eigenvalue weighted by molar-refractivity contribution is 6.07. The van der Waals surface area contributed by atoms with Crippen LogP contribution in [0.2, 0.25) is 0 Å². The van der Waals surface area contributed by atoms with Crippen molar-refractivity contribution in [3.63, 3.8) is 0 Å². The van der Waals surface area contributed by atoms with Crippen molar-refractivity contribution >= 4 is 22.6 Å². The van der Waals surface area contributed by atoms with E-state index >= 15 is 0 Å². The fraction of sp³-hybridized carbons (Fsp3) is 0.474. The topological polar surface area (TPSA) is 85.4 Å². The summed E-state index contributed by atoms with van der Waals surface area (Å²) in [6.07, 6.45) is 2.86. The highest BCUT2D eigenvalue weighted by Gasteiger charge is 2.21. The Balaban J connectivity index is 2.65. The molecule has 0 unspecified atom stereocenters. The zero-order chi connectivity index (χ0) is 17.9. The average molecular weight is 330 g/mol. The predicted octanol–water partition coefficient (Wildman–Crippen LogP) is 4.20. The third kappa shape index (κ3) is 3.30. The molecule has 5 nitrogen and oxygen atoms in total. The van der Waals surface area contributed by atoms with Gasteiger partial charge in [0.1, 0.15) is 11.3 Å². The molecule has 2 aromatic rings. The van der Waals surface area contributed by atoms with Gasteiger partial charge in [0, 0.05) is 0 Å². The summed E-state index contributed by atoms with van der Waals surface area (Å²) >= 11 is 0. The third-order valence-corrected chi connectivity index (χ3v) is 4.62. The van der Waals surface area contributed by atoms with Gasteiger partial charge in [0.05, 0.1) is 28.9 Å². The Labute approximate surface area is 142 Å². The molecule has 1 aromatic heterocycles. The van der Waals surface area contributed by atoms with Crippen molar-refractivity contribution in [2.45, 2.75) is 47.0 Å². The number of rotatable bonds is 7. The summed E-state index contributed by atoms with van der Waals surface area (Å²) in [6, 6.07) is 3.87. The maximum absolute atomic E-state index is 11.5. The standard InChI is InChI=1S/C19H26N2O3/c1-5-12(6-2)10-24-18-13(7-3)8-9-14-16(18)17(20)15(19(22)23)11(4)21-14/h8-9,12H,5-7,10H2,1-4H3,(H2,20,21)(H,22,23). The van der Waals surface area contributed by atoms with Crippen LogP contribution in [0.15, 0.2) is 12.1 Å². The molecule has 130 valence electrons. The number of hydrogen-bond donors (Lipinski definition) is 2. The van der Waals surface area contributed by atoms with Gasteiger partial charge in [-0.15, -0.1) is 0 Å². The van der Waals surface area contributed by atoms with Gasteiger partial charge < -0.3 is 15.6 Å². The van der Waals surface area contributed by atoms with Crippen molar-refractivity contribution in [1.29, 1.82) is 0 Å². The second-order valence-electron chi connectivity index (χ2n) is 6.09. The van der Waals surface area contributed by atoms with Crippen LogP contribution in [-0.2, 0) is 6.42 Å². The number of carboxylic acid groups (broad SMARTS) is 1. The van der Waals surface area contributed by atoms with Crippen molar-refractivity contribution < 1.29 is 14.6 Å². The zero-order valence-corrected chi connectivity index (χ0v) is 14.8. The molecule has 5 heteroatoms. The van der Waals surface area contributed by atoms with E-state index < -0.39 is 5.97 Å². The quantitative estimate of drug-likeness (QED) is 0.794. The van der Waals surface area contributed by atoms with Gasteiger partial charge >= 0.3 is 5.97 Å². The van der Waals surface area contributed by atoms with E-state index in [1.54, 1.807) is 6.92 Å². The summed E-state index contributed by atoms with van der Waals surface area (Å²) in [7, 11) is 0. The number of aromatic nitrogens is 1. The lowest BCUT2D eigenvalue weighted by Crippen LogP contribution is -2.13. The van der Waals surface area contributed by atoms with Gasteiger partial charge in [0.2, 0.25) is 0 Å². The highest BCUT2D eigenvalue weighted by Crippen LogP contribution is 2.37. The number of nitrogens with two attached hydrogens (primary N) is 1. The van der Waals surface area contributed by atoms with E-state index in [4.69, 9.17) is 10.5 Å². The number of nitrogens with zero attached hydrogens (tertiary/aromatic N) is 1. The minimum Gasteiger partial charge on any atom is -0.492 e. The molecule has 0 radical (unpaired) electrons. The van der Waals surface area contributed by atoms with E-state index in [0.717, 1.165) is 24.8 Å². The summed E-state index contributed by atoms with van der Waals surface area (Å²) in [5, 5.41) is 10.1. The number of anilines is 1. The molecule has 1 aromatic carbocycles. The highest BCUT2D eigenvalue weighted by atomic mass is 16.5. The largest absolute Gasteiger partial charge is 0.492 e. The van der Waals surface area contributed by atoms with Crippen molar-refractivity contribution in [2.75, 3.05) is 12.3 Å². The van der Waals surface area contributed by atoms with Crippen molar-refractivity contribution in [3.8, 4) is 5.75 Å². The van der Waals surface area contributed by atoms with E-state index in [-0.39, 0.29) is 11.3 Å². The number of aryl methyl sites for hydroxylation is 2. The molecule has 0 aliphatic carbocycles. The van der Waals surface area contributed by atoms with Gasteiger partial charge in [0.25, 0.3) is 0 Å². The summed E-state index contributed by atoms with van der Waals surface area (Å²) in [5.41, 5.74) is 8.62. The molecule has 0 bridgehead atoms. The lowest BCUT2D eigenvalue weighted by Gasteiger charge is -2.19. The predicted molar refractivity (Wildman–Crippen MR) is 96.8 cm³/mol. The number of benzene rings is 1. The van der Waals surface area contributed by atoms with Gasteiger partial charge in [0.15, 0.2) is 0 Å². The fourth-order valence-electron chi connectivity index (χ4n) is 2.96. The van der Waals surface area contributed by atoms with E-state index in [2.05, 4.69) is 18.8 Å². The first-order chi connectivity index (χ1) is 11.4. The lowest BCUT2D eigenvalue weighted by molar-refractivity contribution is 0.0697. The van der Waals surface area contributed by atoms with Crippen molar-refractivity contribution in [3.05, 3.63) is 29.0 Å². The van der Waals surface area contributed by atoms with Gasteiger partial charge in [-0.25, -0.2) is 4.79 Å². The Morgan fingerprint density at radius 3 is 2.50 bits per heavy atom. The molecule has 3 N–H and O–H groups in total. The second kappa shape index (κ2) is 7.51. The summed E-state index contributed by atoms with van der Waals surface area (Å²) in [6.45, 7) is 8.58. The molecule has 0 fully saturated rings. The van der Waals surface area contributed by atoms with Gasteiger partial charge in [-0.05, 0) is 30.9 Å². The second-order valence-corrected chi connectivity index (χ2v) is 6.09. The molecule has 0 aliphatic heterocycles. The van der Waals surface area contributed by atoms with Crippen LogP contribution in [0, 0.1) is 12.8 Å².